The van der Waals surface area contributed by atoms with Crippen molar-refractivity contribution >= 4 is 27.6 Å². The molecule has 7 rings (SSSR count). The van der Waals surface area contributed by atoms with Crippen LogP contribution in [0.4, 0.5) is 0 Å². The van der Waals surface area contributed by atoms with Crippen LogP contribution in [0.5, 0.6) is 0 Å². The molecule has 1 saturated carbocycles. The van der Waals surface area contributed by atoms with Crippen molar-refractivity contribution in [3.63, 3.8) is 0 Å². The molecule has 3 heteroatoms. The Morgan fingerprint density at radius 2 is 1.66 bits per heavy atom. The molecule has 1 unspecified atom stereocenters. The van der Waals surface area contributed by atoms with Crippen LogP contribution in [0.1, 0.15) is 96.2 Å². The quantitative estimate of drug-likeness (QED) is 0.300. The Kier molecular flexibility index (Phi) is 3.11. The molecule has 2 aromatic heterocycles. The van der Waals surface area contributed by atoms with Crippen molar-refractivity contribution in [2.24, 2.45) is 5.41 Å². The number of hydrogen-bond donors (Lipinski definition) is 0. The first-order valence-corrected chi connectivity index (χ1v) is 12.3. The Labute approximate surface area is 190 Å². The van der Waals surface area contributed by atoms with Crippen LogP contribution in [0, 0.1) is 5.41 Å². The van der Waals surface area contributed by atoms with E-state index in [0.717, 1.165) is 22.1 Å². The molecule has 3 aliphatic rings. The van der Waals surface area contributed by atoms with E-state index < -0.39 is 0 Å². The van der Waals surface area contributed by atoms with Gasteiger partial charge < -0.3 is 0 Å². The molecule has 0 radical (unpaired) electrons. The SMILES string of the molecule is CC1(C)CC(C)(C)c2c1cc1nc3c4ccccc4nc4n3c1c2C1CC[C@]4(C)C1(C)C. The minimum absolute atomic E-state index is 0.0117. The van der Waals surface area contributed by atoms with E-state index in [-0.39, 0.29) is 21.7 Å². The Bertz CT molecular complexity index is 1500. The van der Waals surface area contributed by atoms with E-state index >= 15 is 0 Å². The summed E-state index contributed by atoms with van der Waals surface area (Å²) in [6.07, 6.45) is 3.60. The zero-order valence-corrected chi connectivity index (χ0v) is 20.4. The first-order valence-electron chi connectivity index (χ1n) is 12.3. The Morgan fingerprint density at radius 1 is 0.906 bits per heavy atom. The molecule has 2 aromatic carbocycles. The first-order chi connectivity index (χ1) is 15.0. The molecule has 2 bridgehead atoms. The van der Waals surface area contributed by atoms with E-state index in [1.807, 2.05) is 0 Å². The van der Waals surface area contributed by atoms with E-state index in [9.17, 15) is 0 Å². The fraction of sp³-hybridized carbons (Fsp3) is 0.517. The number of imidazole rings is 1. The van der Waals surface area contributed by atoms with Gasteiger partial charge >= 0.3 is 0 Å². The summed E-state index contributed by atoms with van der Waals surface area (Å²) < 4.78 is 2.48. The average molecular weight is 424 g/mol. The Balaban J connectivity index is 1.81. The average Bonchev–Trinajstić information content (AvgIpc) is 3.25. The summed E-state index contributed by atoms with van der Waals surface area (Å²) in [6.45, 7) is 17.3. The molecule has 1 fully saturated rings. The number of para-hydroxylation sites is 1. The third kappa shape index (κ3) is 1.89. The fourth-order valence-corrected chi connectivity index (χ4v) is 8.25. The molecule has 3 nitrogen and oxygen atoms in total. The lowest BCUT2D eigenvalue weighted by molar-refractivity contribution is 0.192. The molecule has 1 aliphatic heterocycles. The number of nitrogens with zero attached hydrogens (tertiary/aromatic N) is 3. The maximum absolute atomic E-state index is 5.38. The molecule has 0 amide bonds. The highest BCUT2D eigenvalue weighted by molar-refractivity contribution is 5.98. The monoisotopic (exact) mass is 423 g/mol. The molecule has 2 atom stereocenters. The zero-order valence-electron chi connectivity index (χ0n) is 20.4. The molecule has 0 spiro atoms. The van der Waals surface area contributed by atoms with Gasteiger partial charge in [-0.05, 0) is 76.3 Å². The minimum atomic E-state index is 0.0117. The van der Waals surface area contributed by atoms with Crippen molar-refractivity contribution in [3.8, 4) is 0 Å². The van der Waals surface area contributed by atoms with Gasteiger partial charge in [0.2, 0.25) is 0 Å². The number of benzene rings is 2. The largest absolute Gasteiger partial charge is 0.279 e. The summed E-state index contributed by atoms with van der Waals surface area (Å²) in [5.41, 5.74) is 9.86. The molecule has 164 valence electrons. The Morgan fingerprint density at radius 3 is 2.44 bits per heavy atom. The highest BCUT2D eigenvalue weighted by Gasteiger charge is 2.59. The fourth-order valence-electron chi connectivity index (χ4n) is 8.25. The molecule has 0 saturated heterocycles. The molecule has 32 heavy (non-hydrogen) atoms. The van der Waals surface area contributed by atoms with Crippen LogP contribution in [0.15, 0.2) is 30.3 Å². The van der Waals surface area contributed by atoms with Crippen LogP contribution < -0.4 is 0 Å². The van der Waals surface area contributed by atoms with Crippen LogP contribution in [-0.2, 0) is 16.2 Å². The predicted molar refractivity (Wildman–Crippen MR) is 132 cm³/mol. The van der Waals surface area contributed by atoms with Gasteiger partial charge in [-0.2, -0.15) is 0 Å². The first kappa shape index (κ1) is 19.1. The van der Waals surface area contributed by atoms with E-state index in [0.29, 0.717) is 5.92 Å². The van der Waals surface area contributed by atoms with E-state index in [1.165, 1.54) is 36.2 Å². The number of aromatic nitrogens is 3. The summed E-state index contributed by atoms with van der Waals surface area (Å²) in [7, 11) is 0. The summed E-state index contributed by atoms with van der Waals surface area (Å²) in [5, 5.41) is 1.16. The van der Waals surface area contributed by atoms with Gasteiger partial charge in [-0.25, -0.2) is 9.97 Å². The number of hydrogen-bond acceptors (Lipinski definition) is 2. The van der Waals surface area contributed by atoms with Gasteiger partial charge in [-0.3, -0.25) is 4.40 Å². The van der Waals surface area contributed by atoms with Gasteiger partial charge in [0.25, 0.3) is 0 Å². The second-order valence-corrected chi connectivity index (χ2v) is 12.9. The molecule has 0 N–H and O–H groups in total. The van der Waals surface area contributed by atoms with Crippen LogP contribution >= 0.6 is 0 Å². The van der Waals surface area contributed by atoms with Crippen LogP contribution in [0.2, 0.25) is 0 Å². The van der Waals surface area contributed by atoms with Gasteiger partial charge in [0.05, 0.1) is 16.6 Å². The van der Waals surface area contributed by atoms with Gasteiger partial charge in [0.15, 0.2) is 0 Å². The normalized spacial score (nSPS) is 28.7. The standard InChI is InChI=1S/C29H33N3/c1-26(2)15-27(3,4)22-18(26)14-20-23-21(22)17-12-13-29(7,28(17,5)6)25-31-19-11-9-8-10-16(19)24(30-20)32(23)25/h8-11,14,17H,12-13,15H2,1-7H3/t17?,29-/m0/s1. The lowest BCUT2D eigenvalue weighted by Crippen LogP contribution is -2.38. The number of rotatable bonds is 0. The topological polar surface area (TPSA) is 30.2 Å². The molecule has 2 aliphatic carbocycles. The summed E-state index contributed by atoms with van der Waals surface area (Å²) in [4.78, 5) is 10.7. The summed E-state index contributed by atoms with van der Waals surface area (Å²) in [5.74, 6) is 1.74. The van der Waals surface area contributed by atoms with Crippen molar-refractivity contribution in [1.82, 2.24) is 14.4 Å². The van der Waals surface area contributed by atoms with Crippen molar-refractivity contribution in [2.45, 2.75) is 89.9 Å². The van der Waals surface area contributed by atoms with E-state index in [4.69, 9.17) is 9.97 Å². The Hall–Kier alpha value is -2.42. The lowest BCUT2D eigenvalue weighted by Gasteiger charge is -2.41. The molecule has 4 aromatic rings. The van der Waals surface area contributed by atoms with Crippen molar-refractivity contribution in [1.29, 1.82) is 0 Å². The zero-order chi connectivity index (χ0) is 22.4. The lowest BCUT2D eigenvalue weighted by atomic mass is 9.63. The smallest absolute Gasteiger partial charge is 0.148 e. The minimum Gasteiger partial charge on any atom is -0.279 e. The predicted octanol–water partition coefficient (Wildman–Crippen LogP) is 7.17. The molecule has 3 heterocycles. The van der Waals surface area contributed by atoms with E-state index in [2.05, 4.69) is 83.2 Å². The maximum Gasteiger partial charge on any atom is 0.148 e. The number of fused-ring (bicyclic) bond motifs is 8. The van der Waals surface area contributed by atoms with E-state index in [1.54, 1.807) is 11.1 Å². The van der Waals surface area contributed by atoms with Gasteiger partial charge in [0, 0.05) is 10.8 Å². The van der Waals surface area contributed by atoms with Crippen molar-refractivity contribution < 1.29 is 0 Å². The molecular weight excluding hydrogens is 390 g/mol. The maximum atomic E-state index is 5.38. The van der Waals surface area contributed by atoms with Crippen molar-refractivity contribution in [2.75, 3.05) is 0 Å². The van der Waals surface area contributed by atoms with Gasteiger partial charge in [-0.15, -0.1) is 0 Å². The summed E-state index contributed by atoms with van der Waals surface area (Å²) >= 11 is 0. The van der Waals surface area contributed by atoms with Crippen LogP contribution in [0.3, 0.4) is 0 Å². The second kappa shape index (κ2) is 5.21. The second-order valence-electron chi connectivity index (χ2n) is 12.9. The van der Waals surface area contributed by atoms with Gasteiger partial charge in [-0.1, -0.05) is 60.6 Å². The van der Waals surface area contributed by atoms with Crippen LogP contribution in [-0.4, -0.2) is 14.4 Å². The van der Waals surface area contributed by atoms with Crippen molar-refractivity contribution in [3.05, 3.63) is 52.8 Å². The molecular formula is C29H33N3. The third-order valence-corrected chi connectivity index (χ3v) is 9.92. The van der Waals surface area contributed by atoms with Gasteiger partial charge in [0.1, 0.15) is 11.5 Å². The summed E-state index contributed by atoms with van der Waals surface area (Å²) in [6, 6.07) is 11.0. The highest BCUT2D eigenvalue weighted by atomic mass is 15.1. The highest BCUT2D eigenvalue weighted by Crippen LogP contribution is 2.66. The van der Waals surface area contributed by atoms with Crippen LogP contribution in [0.25, 0.3) is 27.6 Å². The third-order valence-electron chi connectivity index (χ3n) is 9.92.